The highest BCUT2D eigenvalue weighted by atomic mass is 35.5. The van der Waals surface area contributed by atoms with Gasteiger partial charge < -0.3 is 4.74 Å². The van der Waals surface area contributed by atoms with Gasteiger partial charge in [-0.1, -0.05) is 24.1 Å². The summed E-state index contributed by atoms with van der Waals surface area (Å²) in [6, 6.07) is 18.3. The number of hydrogen-bond acceptors (Lipinski definition) is 3. The van der Waals surface area contributed by atoms with Crippen molar-refractivity contribution in [1.29, 1.82) is 0 Å². The predicted octanol–water partition coefficient (Wildman–Crippen LogP) is 4.83. The Morgan fingerprint density at radius 2 is 1.79 bits per heavy atom. The molecule has 2 heterocycles. The van der Waals surface area contributed by atoms with Crippen molar-refractivity contribution in [3.63, 3.8) is 0 Å². The second kappa shape index (κ2) is 8.17. The third kappa shape index (κ3) is 4.13. The lowest BCUT2D eigenvalue weighted by molar-refractivity contribution is 0.107. The fraction of sp³-hybridized carbons (Fsp3) is 0.0435. The van der Waals surface area contributed by atoms with Gasteiger partial charge in [-0.3, -0.25) is 9.20 Å². The van der Waals surface area contributed by atoms with E-state index in [9.17, 15) is 9.18 Å². The Morgan fingerprint density at radius 1 is 1.03 bits per heavy atom. The number of pyridine rings is 1. The van der Waals surface area contributed by atoms with Crippen molar-refractivity contribution >= 4 is 22.5 Å². The van der Waals surface area contributed by atoms with Crippen molar-refractivity contribution in [3.8, 4) is 17.6 Å². The molecule has 0 fully saturated rings. The van der Waals surface area contributed by atoms with E-state index in [0.717, 1.165) is 5.65 Å². The Balaban J connectivity index is 1.69. The van der Waals surface area contributed by atoms with Crippen LogP contribution in [0.4, 0.5) is 4.39 Å². The average molecular weight is 405 g/mol. The third-order valence-electron chi connectivity index (χ3n) is 4.23. The van der Waals surface area contributed by atoms with Gasteiger partial charge in [0.2, 0.25) is 0 Å². The molecule has 0 aliphatic carbocycles. The van der Waals surface area contributed by atoms with Crippen LogP contribution in [0.5, 0.6) is 5.75 Å². The first-order valence-corrected chi connectivity index (χ1v) is 9.15. The maximum absolute atomic E-state index is 13.1. The van der Waals surface area contributed by atoms with Crippen LogP contribution in [0.1, 0.15) is 27.3 Å². The zero-order valence-corrected chi connectivity index (χ0v) is 15.9. The number of carbonyl (C=O) groups is 1. The topological polar surface area (TPSA) is 43.6 Å². The largest absolute Gasteiger partial charge is 0.486 e. The minimum atomic E-state index is -0.591. The van der Waals surface area contributed by atoms with Gasteiger partial charge in [0.05, 0.1) is 5.56 Å². The highest BCUT2D eigenvalue weighted by Gasteiger charge is 2.14. The lowest BCUT2D eigenvalue weighted by Crippen LogP contribution is -2.02. The van der Waals surface area contributed by atoms with Crippen LogP contribution >= 0.6 is 11.6 Å². The van der Waals surface area contributed by atoms with Crippen molar-refractivity contribution in [1.82, 2.24) is 9.38 Å². The van der Waals surface area contributed by atoms with Gasteiger partial charge in [-0.15, -0.1) is 0 Å². The highest BCUT2D eigenvalue weighted by molar-refractivity contribution is 6.68. The van der Waals surface area contributed by atoms with Crippen molar-refractivity contribution in [2.24, 2.45) is 0 Å². The van der Waals surface area contributed by atoms with E-state index in [-0.39, 0.29) is 18.0 Å². The number of imidazole rings is 1. The molecule has 0 aliphatic heterocycles. The molecule has 0 N–H and O–H groups in total. The molecule has 4 nitrogen and oxygen atoms in total. The molecule has 0 unspecified atom stereocenters. The summed E-state index contributed by atoms with van der Waals surface area (Å²) in [5.74, 6) is 6.19. The zero-order valence-electron chi connectivity index (χ0n) is 15.1. The maximum Gasteiger partial charge on any atom is 0.256 e. The first kappa shape index (κ1) is 18.7. The number of hydrogen-bond donors (Lipinski definition) is 0. The van der Waals surface area contributed by atoms with Crippen LogP contribution in [0.15, 0.2) is 72.9 Å². The Morgan fingerprint density at radius 3 is 2.59 bits per heavy atom. The predicted molar refractivity (Wildman–Crippen MR) is 109 cm³/mol. The Bertz CT molecular complexity index is 1250. The molecule has 0 saturated heterocycles. The summed E-state index contributed by atoms with van der Waals surface area (Å²) in [4.78, 5) is 16.2. The van der Waals surface area contributed by atoms with E-state index >= 15 is 0 Å². The number of halogens is 2. The van der Waals surface area contributed by atoms with Gasteiger partial charge in [0.25, 0.3) is 5.24 Å². The van der Waals surface area contributed by atoms with Gasteiger partial charge in [-0.2, -0.15) is 0 Å². The first-order chi connectivity index (χ1) is 14.1. The van der Waals surface area contributed by atoms with E-state index in [4.69, 9.17) is 16.3 Å². The van der Waals surface area contributed by atoms with Crippen LogP contribution in [0, 0.1) is 17.7 Å². The second-order valence-corrected chi connectivity index (χ2v) is 6.49. The molecule has 2 aromatic carbocycles. The fourth-order valence-corrected chi connectivity index (χ4v) is 3.00. The van der Waals surface area contributed by atoms with Gasteiger partial charge in [-0.25, -0.2) is 9.37 Å². The number of benzene rings is 2. The van der Waals surface area contributed by atoms with E-state index < -0.39 is 5.24 Å². The molecule has 142 valence electrons. The smallest absolute Gasteiger partial charge is 0.256 e. The normalized spacial score (nSPS) is 10.4. The van der Waals surface area contributed by atoms with Crippen molar-refractivity contribution < 1.29 is 13.9 Å². The summed E-state index contributed by atoms with van der Waals surface area (Å²) in [5, 5.41) is -0.591. The first-order valence-electron chi connectivity index (χ1n) is 8.77. The minimum absolute atomic E-state index is 0.107. The van der Waals surface area contributed by atoms with Gasteiger partial charge in [0.15, 0.2) is 0 Å². The Kier molecular flexibility index (Phi) is 5.28. The van der Waals surface area contributed by atoms with Crippen LogP contribution in [0.3, 0.4) is 0 Å². The summed E-state index contributed by atoms with van der Waals surface area (Å²) >= 11 is 5.63. The number of ether oxygens (including phenoxy) is 1. The van der Waals surface area contributed by atoms with E-state index in [0.29, 0.717) is 22.7 Å². The fourth-order valence-electron chi connectivity index (χ4n) is 2.84. The number of para-hydroxylation sites is 1. The molecule has 0 amide bonds. The van der Waals surface area contributed by atoms with E-state index in [1.54, 1.807) is 36.4 Å². The summed E-state index contributed by atoms with van der Waals surface area (Å²) in [6.45, 7) is 0.107. The Labute approximate surface area is 171 Å². The maximum atomic E-state index is 13.1. The SMILES string of the molecule is O=C(Cl)c1ccccc1OCc1nc2ccccn2c1C#Cc1ccc(F)cc1. The standard InChI is InChI=1S/C23H14ClFN2O2/c24-23(28)18-5-1-2-6-21(18)29-15-19-20(27-14-4-3-7-22(27)26-19)13-10-16-8-11-17(25)12-9-16/h1-9,11-12,14H,15H2. The molecule has 29 heavy (non-hydrogen) atoms. The number of aromatic nitrogens is 2. The average Bonchev–Trinajstić information content (AvgIpc) is 3.09. The van der Waals surface area contributed by atoms with E-state index in [2.05, 4.69) is 16.8 Å². The minimum Gasteiger partial charge on any atom is -0.486 e. The summed E-state index contributed by atoms with van der Waals surface area (Å²) in [6.07, 6.45) is 1.86. The number of rotatable bonds is 4. The molecule has 0 radical (unpaired) electrons. The summed E-state index contributed by atoms with van der Waals surface area (Å²) in [5.41, 5.74) is 2.96. The lowest BCUT2D eigenvalue weighted by Gasteiger charge is -2.07. The molecular weight excluding hydrogens is 391 g/mol. The number of carbonyl (C=O) groups excluding carboxylic acids is 1. The summed E-state index contributed by atoms with van der Waals surface area (Å²) < 4.78 is 20.8. The zero-order chi connectivity index (χ0) is 20.2. The molecule has 0 aliphatic rings. The molecule has 2 aromatic heterocycles. The van der Waals surface area contributed by atoms with Gasteiger partial charge in [-0.05, 0) is 66.1 Å². The van der Waals surface area contributed by atoms with Crippen LogP contribution < -0.4 is 4.74 Å². The second-order valence-electron chi connectivity index (χ2n) is 6.15. The summed E-state index contributed by atoms with van der Waals surface area (Å²) in [7, 11) is 0. The van der Waals surface area contributed by atoms with Crippen LogP contribution in [0.2, 0.25) is 0 Å². The molecule has 4 aromatic rings. The molecule has 4 rings (SSSR count). The van der Waals surface area contributed by atoms with Crippen molar-refractivity contribution in [2.75, 3.05) is 0 Å². The van der Waals surface area contributed by atoms with Crippen LogP contribution in [-0.2, 0) is 6.61 Å². The Hall–Kier alpha value is -3.62. The molecule has 0 saturated carbocycles. The van der Waals surface area contributed by atoms with Gasteiger partial charge in [0.1, 0.15) is 35.2 Å². The molecule has 6 heteroatoms. The molecule has 0 atom stereocenters. The van der Waals surface area contributed by atoms with Crippen LogP contribution in [-0.4, -0.2) is 14.6 Å². The van der Waals surface area contributed by atoms with Crippen LogP contribution in [0.25, 0.3) is 5.65 Å². The lowest BCUT2D eigenvalue weighted by atomic mass is 10.2. The monoisotopic (exact) mass is 404 g/mol. The molecular formula is C23H14ClFN2O2. The van der Waals surface area contributed by atoms with E-state index in [1.807, 2.05) is 28.8 Å². The van der Waals surface area contributed by atoms with Crippen molar-refractivity contribution in [3.05, 3.63) is 101 Å². The molecule has 0 spiro atoms. The highest BCUT2D eigenvalue weighted by Crippen LogP contribution is 2.22. The van der Waals surface area contributed by atoms with Gasteiger partial charge >= 0.3 is 0 Å². The quantitative estimate of drug-likeness (QED) is 0.361. The van der Waals surface area contributed by atoms with Crippen molar-refractivity contribution in [2.45, 2.75) is 6.61 Å². The number of fused-ring (bicyclic) bond motifs is 1. The number of nitrogens with zero attached hydrogens (tertiary/aromatic N) is 2. The van der Waals surface area contributed by atoms with Gasteiger partial charge in [0, 0.05) is 11.8 Å². The molecule has 0 bridgehead atoms. The third-order valence-corrected chi connectivity index (χ3v) is 4.44. The van der Waals surface area contributed by atoms with E-state index in [1.165, 1.54) is 12.1 Å².